The standard InChI is InChI=1S/C18H12NS.2CH4O.Ir/c1-12-9-10-16(19-11-12)15-7-4-6-14-13-5-2-3-8-17(13)20-18(14)15;2*1-2;/h2-6,8-11H,1H3;2*2H,1H3;/q-1;;;/i1D3,9D,10D;;;. The van der Waals surface area contributed by atoms with Gasteiger partial charge in [0.1, 0.15) is 0 Å². The van der Waals surface area contributed by atoms with E-state index in [4.69, 9.17) is 17.1 Å². The normalized spacial score (nSPS) is 12.9. The SMILES string of the molecule is CO.CO.[2H]c1c(C([2H])([2H])[2H])cnc(-c2[c-]ccc3c2sc2ccccc23)c1[2H].[Ir]. The number of aryl methyl sites for hydroxylation is 1. The minimum Gasteiger partial charge on any atom is -0.400 e. The van der Waals surface area contributed by atoms with Gasteiger partial charge in [0.05, 0.1) is 2.74 Å². The van der Waals surface area contributed by atoms with Crippen molar-refractivity contribution in [2.75, 3.05) is 14.2 Å². The van der Waals surface area contributed by atoms with Crippen molar-refractivity contribution in [1.82, 2.24) is 4.98 Å². The van der Waals surface area contributed by atoms with Crippen molar-refractivity contribution in [3.63, 3.8) is 0 Å². The summed E-state index contributed by atoms with van der Waals surface area (Å²) >= 11 is 1.58. The van der Waals surface area contributed by atoms with Gasteiger partial charge in [-0.1, -0.05) is 35.7 Å². The molecule has 0 spiro atoms. The Morgan fingerprint density at radius 3 is 2.60 bits per heavy atom. The number of aliphatic hydroxyl groups is 2. The molecule has 0 fully saturated rings. The second-order valence-electron chi connectivity index (χ2n) is 4.46. The number of aliphatic hydroxyl groups excluding tert-OH is 2. The van der Waals surface area contributed by atoms with Gasteiger partial charge in [0, 0.05) is 49.3 Å². The molecule has 0 aliphatic carbocycles. The first kappa shape index (κ1) is 14.5. The molecule has 0 atom stereocenters. The fraction of sp³-hybridized carbons (Fsp3) is 0.150. The van der Waals surface area contributed by atoms with Crippen LogP contribution in [0.1, 0.15) is 12.4 Å². The summed E-state index contributed by atoms with van der Waals surface area (Å²) in [4.78, 5) is 4.20. The molecule has 25 heavy (non-hydrogen) atoms. The number of thiophene rings is 1. The topological polar surface area (TPSA) is 53.4 Å². The van der Waals surface area contributed by atoms with Crippen molar-refractivity contribution in [2.45, 2.75) is 6.85 Å². The number of rotatable bonds is 1. The van der Waals surface area contributed by atoms with Gasteiger partial charge in [-0.25, -0.2) is 0 Å². The van der Waals surface area contributed by atoms with Gasteiger partial charge in [0.2, 0.25) is 0 Å². The molecule has 0 amide bonds. The van der Waals surface area contributed by atoms with Crippen LogP contribution in [0.5, 0.6) is 0 Å². The van der Waals surface area contributed by atoms with Gasteiger partial charge >= 0.3 is 0 Å². The molecular formula is C20H20IrNO2S-. The maximum absolute atomic E-state index is 8.25. The Kier molecular flexibility index (Phi) is 6.04. The van der Waals surface area contributed by atoms with Crippen molar-refractivity contribution >= 4 is 31.5 Å². The molecular weight excluding hydrogens is 511 g/mol. The van der Waals surface area contributed by atoms with Gasteiger partial charge in [-0.3, -0.25) is 0 Å². The van der Waals surface area contributed by atoms with Crippen LogP contribution in [0.3, 0.4) is 0 Å². The second kappa shape index (κ2) is 10.4. The van der Waals surface area contributed by atoms with Crippen LogP contribution in [0.15, 0.2) is 54.7 Å². The van der Waals surface area contributed by atoms with Gasteiger partial charge in [-0.05, 0) is 34.3 Å². The van der Waals surface area contributed by atoms with Gasteiger partial charge in [0.15, 0.2) is 0 Å². The van der Waals surface area contributed by atoms with Crippen molar-refractivity contribution in [3.8, 4) is 11.3 Å². The monoisotopic (exact) mass is 536 g/mol. The van der Waals surface area contributed by atoms with Crippen LogP contribution in [0.25, 0.3) is 31.4 Å². The second-order valence-corrected chi connectivity index (χ2v) is 5.52. The summed E-state index contributed by atoms with van der Waals surface area (Å²) in [6.07, 6.45) is 1.18. The predicted molar refractivity (Wildman–Crippen MR) is 102 cm³/mol. The largest absolute Gasteiger partial charge is 0.400 e. The fourth-order valence-electron chi connectivity index (χ4n) is 2.31. The summed E-state index contributed by atoms with van der Waals surface area (Å²) in [6.45, 7) is -2.45. The number of benzene rings is 2. The molecule has 0 unspecified atom stereocenters. The molecule has 0 saturated heterocycles. The van der Waals surface area contributed by atoms with Crippen LogP contribution in [0.2, 0.25) is 0 Å². The third-order valence-corrected chi connectivity index (χ3v) is 4.42. The van der Waals surface area contributed by atoms with Gasteiger partial charge in [-0.2, -0.15) is 11.3 Å². The Morgan fingerprint density at radius 1 is 1.08 bits per heavy atom. The average molecular weight is 536 g/mol. The molecule has 3 nitrogen and oxygen atoms in total. The van der Waals surface area contributed by atoms with Gasteiger partial charge in [-0.15, -0.1) is 23.8 Å². The van der Waals surface area contributed by atoms with Crippen LogP contribution in [0.4, 0.5) is 0 Å². The molecule has 2 N–H and O–H groups in total. The van der Waals surface area contributed by atoms with E-state index >= 15 is 0 Å². The summed E-state index contributed by atoms with van der Waals surface area (Å²) in [7, 11) is 2.00. The van der Waals surface area contributed by atoms with Crippen LogP contribution < -0.4 is 0 Å². The minimum atomic E-state index is -2.45. The average Bonchev–Trinajstić information content (AvgIpc) is 3.11. The molecule has 4 rings (SSSR count). The Balaban J connectivity index is 0.000000851. The molecule has 2 aromatic heterocycles. The quantitative estimate of drug-likeness (QED) is 0.355. The molecule has 4 aromatic rings. The number of fused-ring (bicyclic) bond motifs is 3. The zero-order chi connectivity index (χ0) is 21.8. The van der Waals surface area contributed by atoms with Crippen LogP contribution >= 0.6 is 11.3 Å². The zero-order valence-electron chi connectivity index (χ0n) is 18.6. The number of pyridine rings is 1. The van der Waals surface area contributed by atoms with Crippen LogP contribution in [-0.4, -0.2) is 29.4 Å². The molecule has 0 aliphatic rings. The predicted octanol–water partition coefficient (Wildman–Crippen LogP) is 4.44. The van der Waals surface area contributed by atoms with E-state index in [1.54, 1.807) is 17.4 Å². The van der Waals surface area contributed by atoms with E-state index in [9.17, 15) is 0 Å². The van der Waals surface area contributed by atoms with Gasteiger partial charge < -0.3 is 15.2 Å². The van der Waals surface area contributed by atoms with E-state index < -0.39 is 6.85 Å². The first-order valence-corrected chi connectivity index (χ1v) is 7.88. The third kappa shape index (κ3) is 4.51. The molecule has 0 aliphatic heterocycles. The number of aromatic nitrogens is 1. The smallest absolute Gasteiger partial charge is 0.0618 e. The minimum absolute atomic E-state index is 0. The van der Waals surface area contributed by atoms with Crippen LogP contribution in [-0.2, 0) is 20.1 Å². The summed E-state index contributed by atoms with van der Waals surface area (Å²) < 4.78 is 40.8. The molecule has 1 radical (unpaired) electrons. The third-order valence-electron chi connectivity index (χ3n) is 3.21. The van der Waals surface area contributed by atoms with E-state index in [-0.39, 0.29) is 43.4 Å². The first-order chi connectivity index (χ1) is 13.9. The number of hydrogen-bond acceptors (Lipinski definition) is 4. The molecule has 0 bridgehead atoms. The summed E-state index contributed by atoms with van der Waals surface area (Å²) in [5.74, 6) is 0. The van der Waals surface area contributed by atoms with Crippen molar-refractivity contribution in [1.29, 1.82) is 0 Å². The zero-order valence-corrected chi connectivity index (χ0v) is 16.8. The molecule has 133 valence electrons. The van der Waals surface area contributed by atoms with E-state index in [1.807, 2.05) is 30.3 Å². The summed E-state index contributed by atoms with van der Waals surface area (Å²) in [5, 5.41) is 16.2. The maximum atomic E-state index is 8.25. The summed E-state index contributed by atoms with van der Waals surface area (Å²) in [5.41, 5.74) is 0.717. The van der Waals surface area contributed by atoms with E-state index in [2.05, 4.69) is 11.1 Å². The van der Waals surface area contributed by atoms with E-state index in [1.165, 1.54) is 6.20 Å². The number of hydrogen-bond donors (Lipinski definition) is 2. The Hall–Kier alpha value is -1.62. The molecule has 2 heterocycles. The molecule has 2 aromatic carbocycles. The van der Waals surface area contributed by atoms with Crippen molar-refractivity contribution in [3.05, 3.63) is 66.3 Å². The van der Waals surface area contributed by atoms with E-state index in [0.717, 1.165) is 34.4 Å². The maximum Gasteiger partial charge on any atom is 0.0618 e. The Morgan fingerprint density at radius 2 is 1.84 bits per heavy atom. The number of nitrogens with zero attached hydrogens (tertiary/aromatic N) is 1. The van der Waals surface area contributed by atoms with Crippen molar-refractivity contribution in [2.24, 2.45) is 0 Å². The fourth-order valence-corrected chi connectivity index (χ4v) is 3.51. The molecule has 5 heteroatoms. The van der Waals surface area contributed by atoms with Crippen molar-refractivity contribution < 1.29 is 37.2 Å². The Labute approximate surface area is 172 Å². The Bertz CT molecular complexity index is 1130. The first-order valence-electron chi connectivity index (χ1n) is 9.56. The van der Waals surface area contributed by atoms with Gasteiger partial charge in [0.25, 0.3) is 0 Å². The van der Waals surface area contributed by atoms with E-state index in [0.29, 0.717) is 5.56 Å². The summed E-state index contributed by atoms with van der Waals surface area (Å²) in [6, 6.07) is 14.4. The molecule has 0 saturated carbocycles. The van der Waals surface area contributed by atoms with Crippen LogP contribution in [0, 0.1) is 12.9 Å².